The summed E-state index contributed by atoms with van der Waals surface area (Å²) in [6.45, 7) is 1.53. The molecule has 0 saturated heterocycles. The van der Waals surface area contributed by atoms with E-state index in [4.69, 9.17) is 17.0 Å². The number of nitrogens with one attached hydrogen (secondary N) is 2. The fourth-order valence-electron chi connectivity index (χ4n) is 2.23. The maximum Gasteiger partial charge on any atom is 0.387 e. The van der Waals surface area contributed by atoms with E-state index in [0.717, 1.165) is 22.4 Å². The van der Waals surface area contributed by atoms with E-state index < -0.39 is 6.61 Å². The lowest BCUT2D eigenvalue weighted by Crippen LogP contribution is -2.28. The van der Waals surface area contributed by atoms with Gasteiger partial charge in [0.1, 0.15) is 0 Å². The molecule has 0 aliphatic heterocycles. The molecule has 0 amide bonds. The molecular formula is C18H20F2N2O2S. The maximum atomic E-state index is 12.3. The molecule has 0 aromatic heterocycles. The number of methoxy groups -OCH3 is 1. The Morgan fingerprint density at radius 1 is 1.12 bits per heavy atom. The van der Waals surface area contributed by atoms with Crippen molar-refractivity contribution in [2.75, 3.05) is 12.4 Å². The van der Waals surface area contributed by atoms with Gasteiger partial charge in [0, 0.05) is 12.2 Å². The second-order valence-corrected chi connectivity index (χ2v) is 5.90. The Morgan fingerprint density at radius 2 is 1.88 bits per heavy atom. The molecule has 25 heavy (non-hydrogen) atoms. The fraction of sp³-hybridized carbons (Fsp3) is 0.278. The number of alkyl halides is 2. The summed E-state index contributed by atoms with van der Waals surface area (Å²) in [5, 5.41) is 6.71. The lowest BCUT2D eigenvalue weighted by molar-refractivity contribution is -0.0512. The first-order valence-corrected chi connectivity index (χ1v) is 8.03. The topological polar surface area (TPSA) is 42.5 Å². The average Bonchev–Trinajstić information content (AvgIpc) is 2.56. The van der Waals surface area contributed by atoms with Gasteiger partial charge in [0.2, 0.25) is 0 Å². The Hall–Kier alpha value is -2.41. The third kappa shape index (κ3) is 5.56. The third-order valence-electron chi connectivity index (χ3n) is 3.54. The molecule has 0 aliphatic rings. The number of aryl methyl sites for hydroxylation is 2. The van der Waals surface area contributed by atoms with E-state index in [1.807, 2.05) is 32.0 Å². The minimum atomic E-state index is -2.90. The summed E-state index contributed by atoms with van der Waals surface area (Å²) in [4.78, 5) is 0. The van der Waals surface area contributed by atoms with Crippen LogP contribution in [0.4, 0.5) is 14.5 Å². The predicted molar refractivity (Wildman–Crippen MR) is 98.6 cm³/mol. The summed E-state index contributed by atoms with van der Waals surface area (Å²) in [5.41, 5.74) is 3.99. The SMILES string of the molecule is COc1cc(CNC(=S)Nc2cc(C)ccc2C)ccc1OC(F)F. The summed E-state index contributed by atoms with van der Waals surface area (Å²) in [6.07, 6.45) is 0. The molecule has 2 aromatic carbocycles. The highest BCUT2D eigenvalue weighted by Crippen LogP contribution is 2.29. The molecule has 0 fully saturated rings. The van der Waals surface area contributed by atoms with E-state index in [2.05, 4.69) is 15.4 Å². The van der Waals surface area contributed by atoms with Crippen LogP contribution < -0.4 is 20.1 Å². The van der Waals surface area contributed by atoms with Crippen LogP contribution >= 0.6 is 12.2 Å². The van der Waals surface area contributed by atoms with E-state index in [-0.39, 0.29) is 11.5 Å². The highest BCUT2D eigenvalue weighted by Gasteiger charge is 2.11. The highest BCUT2D eigenvalue weighted by molar-refractivity contribution is 7.80. The molecule has 2 rings (SSSR count). The normalized spacial score (nSPS) is 10.5. The lowest BCUT2D eigenvalue weighted by atomic mass is 10.1. The van der Waals surface area contributed by atoms with E-state index in [0.29, 0.717) is 11.7 Å². The Bertz CT molecular complexity index is 754. The number of rotatable bonds is 6. The van der Waals surface area contributed by atoms with E-state index >= 15 is 0 Å². The predicted octanol–water partition coefficient (Wildman–Crippen LogP) is 4.40. The minimum Gasteiger partial charge on any atom is -0.493 e. The number of anilines is 1. The Balaban J connectivity index is 1.98. The van der Waals surface area contributed by atoms with Gasteiger partial charge in [-0.2, -0.15) is 8.78 Å². The second-order valence-electron chi connectivity index (χ2n) is 5.49. The van der Waals surface area contributed by atoms with Gasteiger partial charge in [0.05, 0.1) is 7.11 Å². The number of thiocarbonyl (C=S) groups is 1. The van der Waals surface area contributed by atoms with Gasteiger partial charge < -0.3 is 20.1 Å². The van der Waals surface area contributed by atoms with Crippen LogP contribution in [0.2, 0.25) is 0 Å². The number of hydrogen-bond donors (Lipinski definition) is 2. The summed E-state index contributed by atoms with van der Waals surface area (Å²) in [6, 6.07) is 10.8. The molecule has 0 bridgehead atoms. The van der Waals surface area contributed by atoms with Crippen molar-refractivity contribution in [1.82, 2.24) is 5.32 Å². The van der Waals surface area contributed by atoms with Crippen LogP contribution in [0.3, 0.4) is 0 Å². The monoisotopic (exact) mass is 366 g/mol. The Kier molecular flexibility index (Phi) is 6.52. The van der Waals surface area contributed by atoms with E-state index in [1.54, 1.807) is 12.1 Å². The number of ether oxygens (including phenoxy) is 2. The zero-order valence-electron chi connectivity index (χ0n) is 14.2. The zero-order chi connectivity index (χ0) is 18.4. The van der Waals surface area contributed by atoms with Crippen molar-refractivity contribution < 1.29 is 18.3 Å². The Labute approximate surface area is 151 Å². The van der Waals surface area contributed by atoms with Crippen LogP contribution in [-0.4, -0.2) is 18.8 Å². The molecule has 7 heteroatoms. The van der Waals surface area contributed by atoms with Crippen LogP contribution in [0.1, 0.15) is 16.7 Å². The van der Waals surface area contributed by atoms with Crippen molar-refractivity contribution in [2.24, 2.45) is 0 Å². The van der Waals surface area contributed by atoms with E-state index in [1.165, 1.54) is 13.2 Å². The highest BCUT2D eigenvalue weighted by atomic mass is 32.1. The largest absolute Gasteiger partial charge is 0.493 e. The van der Waals surface area contributed by atoms with Gasteiger partial charge in [-0.05, 0) is 61.0 Å². The lowest BCUT2D eigenvalue weighted by Gasteiger charge is -2.14. The molecule has 2 N–H and O–H groups in total. The van der Waals surface area contributed by atoms with Crippen molar-refractivity contribution in [3.8, 4) is 11.5 Å². The minimum absolute atomic E-state index is 0.00247. The molecule has 2 aromatic rings. The number of halogens is 2. The van der Waals surface area contributed by atoms with Crippen LogP contribution in [0.15, 0.2) is 36.4 Å². The van der Waals surface area contributed by atoms with Gasteiger partial charge in [-0.15, -0.1) is 0 Å². The molecule has 0 saturated carbocycles. The molecule has 0 atom stereocenters. The summed E-state index contributed by atoms with van der Waals surface area (Å²) in [7, 11) is 1.40. The molecule has 0 spiro atoms. The van der Waals surface area contributed by atoms with Crippen LogP contribution in [0.5, 0.6) is 11.5 Å². The molecule has 134 valence electrons. The molecule has 0 unspecified atom stereocenters. The second kappa shape index (κ2) is 8.62. The van der Waals surface area contributed by atoms with Crippen LogP contribution in [0.25, 0.3) is 0 Å². The molecule has 0 aliphatic carbocycles. The molecule has 0 radical (unpaired) electrons. The van der Waals surface area contributed by atoms with Gasteiger partial charge >= 0.3 is 6.61 Å². The van der Waals surface area contributed by atoms with Gasteiger partial charge in [-0.1, -0.05) is 18.2 Å². The molecule has 0 heterocycles. The van der Waals surface area contributed by atoms with Gasteiger partial charge in [0.25, 0.3) is 0 Å². The molecule has 4 nitrogen and oxygen atoms in total. The summed E-state index contributed by atoms with van der Waals surface area (Å²) < 4.78 is 34.2. The van der Waals surface area contributed by atoms with Crippen molar-refractivity contribution in [2.45, 2.75) is 27.0 Å². The number of benzene rings is 2. The maximum absolute atomic E-state index is 12.3. The summed E-state index contributed by atoms with van der Waals surface area (Å²) in [5.74, 6) is 0.241. The Morgan fingerprint density at radius 3 is 2.56 bits per heavy atom. The van der Waals surface area contributed by atoms with Crippen molar-refractivity contribution >= 4 is 23.0 Å². The quantitative estimate of drug-likeness (QED) is 0.742. The van der Waals surface area contributed by atoms with Gasteiger partial charge in [0.15, 0.2) is 16.6 Å². The van der Waals surface area contributed by atoms with Crippen molar-refractivity contribution in [3.63, 3.8) is 0 Å². The molecular weight excluding hydrogens is 346 g/mol. The zero-order valence-corrected chi connectivity index (χ0v) is 15.0. The van der Waals surface area contributed by atoms with Crippen LogP contribution in [0, 0.1) is 13.8 Å². The fourth-order valence-corrected chi connectivity index (χ4v) is 2.42. The summed E-state index contributed by atoms with van der Waals surface area (Å²) >= 11 is 5.30. The van der Waals surface area contributed by atoms with Crippen LogP contribution in [-0.2, 0) is 6.54 Å². The van der Waals surface area contributed by atoms with Crippen molar-refractivity contribution in [1.29, 1.82) is 0 Å². The van der Waals surface area contributed by atoms with Crippen molar-refractivity contribution in [3.05, 3.63) is 53.1 Å². The third-order valence-corrected chi connectivity index (χ3v) is 3.78. The van der Waals surface area contributed by atoms with Gasteiger partial charge in [-0.25, -0.2) is 0 Å². The smallest absolute Gasteiger partial charge is 0.387 e. The standard InChI is InChI=1S/C18H20F2N2O2S/c1-11-4-5-12(2)14(8-11)22-18(25)21-10-13-6-7-15(24-17(19)20)16(9-13)23-3/h4-9,17H,10H2,1-3H3,(H2,21,22,25). The first-order valence-electron chi connectivity index (χ1n) is 7.63. The van der Waals surface area contributed by atoms with E-state index in [9.17, 15) is 8.78 Å². The average molecular weight is 366 g/mol. The van der Waals surface area contributed by atoms with Gasteiger partial charge in [-0.3, -0.25) is 0 Å². The first kappa shape index (κ1) is 18.9. The first-order chi connectivity index (χ1) is 11.9. The number of hydrogen-bond acceptors (Lipinski definition) is 3.